The molecule has 1 aliphatic heterocycles. The van der Waals surface area contributed by atoms with E-state index in [1.54, 1.807) is 0 Å². The van der Waals surface area contributed by atoms with Crippen LogP contribution >= 0.6 is 0 Å². The second-order valence-electron chi connectivity index (χ2n) is 7.17. The van der Waals surface area contributed by atoms with E-state index in [9.17, 15) is 0 Å². The smallest absolute Gasteiger partial charge is 0.163 e. The van der Waals surface area contributed by atoms with Crippen LogP contribution in [0.15, 0.2) is 24.3 Å². The fraction of sp³-hybridized carbons (Fsp3) is 0.474. The Morgan fingerprint density at radius 2 is 2.00 bits per heavy atom. The van der Waals surface area contributed by atoms with Crippen molar-refractivity contribution >= 4 is 22.7 Å². The van der Waals surface area contributed by atoms with Crippen molar-refractivity contribution in [3.63, 3.8) is 0 Å². The average Bonchev–Trinajstić information content (AvgIpc) is 3.23. The number of nitrogen functional groups attached to an aromatic ring is 1. The third kappa shape index (κ3) is 3.50. The van der Waals surface area contributed by atoms with Crippen LogP contribution in [-0.4, -0.2) is 71.6 Å². The Balaban J connectivity index is 1.78. The van der Waals surface area contributed by atoms with Crippen LogP contribution in [0.25, 0.3) is 22.4 Å². The van der Waals surface area contributed by atoms with Crippen molar-refractivity contribution in [1.82, 2.24) is 24.6 Å². The number of hydrogen-bond acceptors (Lipinski definition) is 6. The Bertz CT molecular complexity index is 908. The lowest BCUT2D eigenvalue weighted by atomic mass is 10.2. The van der Waals surface area contributed by atoms with Crippen molar-refractivity contribution in [2.45, 2.75) is 13.0 Å². The predicted octanol–water partition coefficient (Wildman–Crippen LogP) is 1.80. The molecular formula is C19H27N7O. The molecule has 3 aromatic rings. The summed E-state index contributed by atoms with van der Waals surface area (Å²) < 4.78 is 7.75. The van der Waals surface area contributed by atoms with Gasteiger partial charge in [-0.25, -0.2) is 4.98 Å². The van der Waals surface area contributed by atoms with Crippen molar-refractivity contribution in [3.8, 4) is 11.4 Å². The van der Waals surface area contributed by atoms with E-state index in [2.05, 4.69) is 50.8 Å². The van der Waals surface area contributed by atoms with Gasteiger partial charge in [-0.15, -0.1) is 0 Å². The summed E-state index contributed by atoms with van der Waals surface area (Å²) in [6, 6.07) is 8.24. The lowest BCUT2D eigenvalue weighted by molar-refractivity contribution is 0.122. The molecule has 2 aromatic heterocycles. The summed E-state index contributed by atoms with van der Waals surface area (Å²) >= 11 is 0. The molecule has 1 aliphatic rings. The molecule has 1 aromatic carbocycles. The van der Waals surface area contributed by atoms with Crippen LogP contribution in [0.2, 0.25) is 0 Å². The van der Waals surface area contributed by atoms with Crippen molar-refractivity contribution in [1.29, 1.82) is 0 Å². The van der Waals surface area contributed by atoms with Gasteiger partial charge in [0.15, 0.2) is 5.82 Å². The Morgan fingerprint density at radius 1 is 1.22 bits per heavy atom. The van der Waals surface area contributed by atoms with E-state index in [1.165, 1.54) is 0 Å². The van der Waals surface area contributed by atoms with Gasteiger partial charge in [-0.3, -0.25) is 5.10 Å². The number of para-hydroxylation sites is 2. The highest BCUT2D eigenvalue weighted by atomic mass is 16.5. The molecule has 4 rings (SSSR count). The summed E-state index contributed by atoms with van der Waals surface area (Å²) in [4.78, 5) is 9.34. The summed E-state index contributed by atoms with van der Waals surface area (Å²) in [5, 5.41) is 7.46. The maximum Gasteiger partial charge on any atom is 0.163 e. The quantitative estimate of drug-likeness (QED) is 0.689. The van der Waals surface area contributed by atoms with Crippen LogP contribution in [0.1, 0.15) is 6.42 Å². The van der Waals surface area contributed by atoms with Gasteiger partial charge in [0.1, 0.15) is 17.2 Å². The number of morpholine rings is 1. The van der Waals surface area contributed by atoms with Gasteiger partial charge >= 0.3 is 0 Å². The Labute approximate surface area is 158 Å². The van der Waals surface area contributed by atoms with Crippen molar-refractivity contribution in [2.75, 3.05) is 57.6 Å². The fourth-order valence-electron chi connectivity index (χ4n) is 3.61. The molecule has 0 radical (unpaired) electrons. The normalized spacial score (nSPS) is 15.1. The third-order valence-electron chi connectivity index (χ3n) is 4.95. The van der Waals surface area contributed by atoms with Crippen molar-refractivity contribution in [2.24, 2.45) is 0 Å². The minimum Gasteiger partial charge on any atom is -0.383 e. The number of anilines is 2. The van der Waals surface area contributed by atoms with Gasteiger partial charge in [-0.05, 0) is 39.2 Å². The van der Waals surface area contributed by atoms with Gasteiger partial charge in [0.2, 0.25) is 0 Å². The maximum atomic E-state index is 6.31. The average molecular weight is 369 g/mol. The first-order valence-electron chi connectivity index (χ1n) is 9.42. The van der Waals surface area contributed by atoms with Crippen molar-refractivity contribution < 1.29 is 4.74 Å². The number of nitrogens with one attached hydrogen (secondary N) is 1. The highest BCUT2D eigenvalue weighted by Gasteiger charge is 2.25. The van der Waals surface area contributed by atoms with Crippen LogP contribution < -0.4 is 10.6 Å². The molecular weight excluding hydrogens is 342 g/mol. The molecule has 8 heteroatoms. The lowest BCUT2D eigenvalue weighted by Crippen LogP contribution is -2.36. The summed E-state index contributed by atoms with van der Waals surface area (Å²) in [6.07, 6.45) is 1.03. The van der Waals surface area contributed by atoms with E-state index < -0.39 is 0 Å². The number of rotatable bonds is 6. The standard InChI is InChI=1S/C19H27N7O/c1-24(2)8-5-9-26-15-7-4-3-6-14(15)21-18(26)16-17(20)22-23-19(16)25-10-12-27-13-11-25/h3-4,6-7H,5,8-13H2,1-2H3,(H3,20,22,23). The Morgan fingerprint density at radius 3 is 2.78 bits per heavy atom. The molecule has 0 aliphatic carbocycles. The Hall–Kier alpha value is -2.58. The topological polar surface area (TPSA) is 88.2 Å². The van der Waals surface area contributed by atoms with Crippen LogP contribution in [0.4, 0.5) is 11.6 Å². The number of nitrogens with zero attached hydrogens (tertiary/aromatic N) is 5. The number of nitrogens with two attached hydrogens (primary N) is 1. The highest BCUT2D eigenvalue weighted by molar-refractivity contribution is 5.87. The molecule has 0 bridgehead atoms. The number of aryl methyl sites for hydroxylation is 1. The molecule has 27 heavy (non-hydrogen) atoms. The summed E-state index contributed by atoms with van der Waals surface area (Å²) in [5.74, 6) is 2.29. The first-order valence-corrected chi connectivity index (χ1v) is 9.42. The first kappa shape index (κ1) is 17.8. The minimum absolute atomic E-state index is 0.556. The molecule has 1 saturated heterocycles. The summed E-state index contributed by atoms with van der Waals surface area (Å²) in [7, 11) is 4.19. The number of benzene rings is 1. The number of ether oxygens (including phenoxy) is 1. The zero-order valence-corrected chi connectivity index (χ0v) is 16.0. The zero-order chi connectivity index (χ0) is 18.8. The van der Waals surface area contributed by atoms with E-state index in [0.29, 0.717) is 19.0 Å². The van der Waals surface area contributed by atoms with Crippen LogP contribution in [0, 0.1) is 0 Å². The van der Waals surface area contributed by atoms with Crippen molar-refractivity contribution in [3.05, 3.63) is 24.3 Å². The van der Waals surface area contributed by atoms with E-state index >= 15 is 0 Å². The van der Waals surface area contributed by atoms with Gasteiger partial charge in [0.05, 0.1) is 24.2 Å². The molecule has 0 spiro atoms. The monoisotopic (exact) mass is 369 g/mol. The molecule has 0 saturated carbocycles. The lowest BCUT2D eigenvalue weighted by Gasteiger charge is -2.27. The molecule has 0 unspecified atom stereocenters. The number of H-pyrrole nitrogens is 1. The van der Waals surface area contributed by atoms with E-state index in [-0.39, 0.29) is 0 Å². The van der Waals surface area contributed by atoms with Gasteiger partial charge in [-0.2, -0.15) is 5.10 Å². The molecule has 3 N–H and O–H groups in total. The van der Waals surface area contributed by atoms with Crippen LogP contribution in [0.3, 0.4) is 0 Å². The predicted molar refractivity (Wildman–Crippen MR) is 108 cm³/mol. The largest absolute Gasteiger partial charge is 0.383 e. The van der Waals surface area contributed by atoms with Gasteiger partial charge < -0.3 is 24.8 Å². The molecule has 0 atom stereocenters. The number of hydrogen-bond donors (Lipinski definition) is 2. The maximum absolute atomic E-state index is 6.31. The van der Waals surface area contributed by atoms with E-state index in [4.69, 9.17) is 15.5 Å². The highest BCUT2D eigenvalue weighted by Crippen LogP contribution is 2.35. The summed E-state index contributed by atoms with van der Waals surface area (Å²) in [5.41, 5.74) is 9.30. The van der Waals surface area contributed by atoms with Gasteiger partial charge in [0, 0.05) is 19.6 Å². The number of imidazole rings is 1. The molecule has 144 valence electrons. The van der Waals surface area contributed by atoms with Gasteiger partial charge in [0.25, 0.3) is 0 Å². The molecule has 3 heterocycles. The number of fused-ring (bicyclic) bond motifs is 1. The van der Waals surface area contributed by atoms with Crippen LogP contribution in [0.5, 0.6) is 0 Å². The first-order chi connectivity index (χ1) is 13.1. The van der Waals surface area contributed by atoms with E-state index in [0.717, 1.165) is 60.8 Å². The SMILES string of the molecule is CN(C)CCCn1c(-c2c(N3CCOCC3)n[nH]c2N)nc2ccccc21. The number of aromatic amines is 1. The third-order valence-corrected chi connectivity index (χ3v) is 4.95. The minimum atomic E-state index is 0.556. The molecule has 1 fully saturated rings. The molecule has 0 amide bonds. The molecule has 8 nitrogen and oxygen atoms in total. The number of aromatic nitrogens is 4. The summed E-state index contributed by atoms with van der Waals surface area (Å²) in [6.45, 7) is 4.90. The van der Waals surface area contributed by atoms with Crippen LogP contribution in [-0.2, 0) is 11.3 Å². The fourth-order valence-corrected chi connectivity index (χ4v) is 3.61. The second kappa shape index (κ2) is 7.58. The Kier molecular flexibility index (Phi) is 5.00. The second-order valence-corrected chi connectivity index (χ2v) is 7.17. The van der Waals surface area contributed by atoms with Gasteiger partial charge in [-0.1, -0.05) is 12.1 Å². The zero-order valence-electron chi connectivity index (χ0n) is 16.0. The van der Waals surface area contributed by atoms with E-state index in [1.807, 2.05) is 12.1 Å².